The zero-order valence-corrected chi connectivity index (χ0v) is 11.9. The predicted octanol–water partition coefficient (Wildman–Crippen LogP) is 4.15. The van der Waals surface area contributed by atoms with E-state index in [1.807, 2.05) is 6.08 Å². The summed E-state index contributed by atoms with van der Waals surface area (Å²) in [6.45, 7) is 7.83. The Morgan fingerprint density at radius 1 is 1.32 bits per heavy atom. The fourth-order valence-electron chi connectivity index (χ4n) is 2.77. The van der Waals surface area contributed by atoms with Crippen LogP contribution in [0, 0.1) is 0 Å². The molecule has 0 N–H and O–H groups in total. The Morgan fingerprint density at radius 3 is 2.79 bits per heavy atom. The maximum absolute atomic E-state index is 6.01. The molecule has 1 aromatic rings. The normalized spacial score (nSPS) is 23.6. The largest absolute Gasteiger partial charge is 0.361 e. The number of benzene rings is 1. The lowest BCUT2D eigenvalue weighted by atomic mass is 10.1. The average Bonchev–Trinajstić information content (AvgIpc) is 2.84. The number of ether oxygens (including phenoxy) is 1. The molecule has 1 aliphatic heterocycles. The first kappa shape index (κ1) is 14.3. The molecule has 0 amide bonds. The number of unbranched alkanes of at least 4 members (excludes halogenated alkanes) is 2. The van der Waals surface area contributed by atoms with Crippen LogP contribution in [0.4, 0.5) is 0 Å². The lowest BCUT2D eigenvalue weighted by Crippen LogP contribution is -2.32. The van der Waals surface area contributed by atoms with Gasteiger partial charge in [0.25, 0.3) is 0 Å². The van der Waals surface area contributed by atoms with Gasteiger partial charge in [0, 0.05) is 6.54 Å². The molecule has 1 fully saturated rings. The van der Waals surface area contributed by atoms with Crippen molar-refractivity contribution < 1.29 is 4.74 Å². The van der Waals surface area contributed by atoms with Crippen LogP contribution in [0.15, 0.2) is 43.0 Å². The van der Waals surface area contributed by atoms with Crippen molar-refractivity contribution in [3.63, 3.8) is 0 Å². The highest BCUT2D eigenvalue weighted by molar-refractivity contribution is 5.20. The summed E-state index contributed by atoms with van der Waals surface area (Å²) in [5, 5.41) is 0. The molecule has 0 aliphatic carbocycles. The molecule has 2 atom stereocenters. The van der Waals surface area contributed by atoms with Crippen molar-refractivity contribution in [2.75, 3.05) is 13.2 Å². The third-order valence-corrected chi connectivity index (χ3v) is 3.80. The Labute approximate surface area is 117 Å². The summed E-state index contributed by atoms with van der Waals surface area (Å²) in [5.74, 6) is 0. The molecule has 1 aliphatic rings. The van der Waals surface area contributed by atoms with Gasteiger partial charge in [0.05, 0.1) is 12.6 Å². The van der Waals surface area contributed by atoms with Gasteiger partial charge in [-0.15, -0.1) is 6.58 Å². The Balaban J connectivity index is 2.02. The van der Waals surface area contributed by atoms with Crippen molar-refractivity contribution in [3.8, 4) is 0 Å². The number of hydrogen-bond acceptors (Lipinski definition) is 2. The molecule has 1 saturated heterocycles. The Hall–Kier alpha value is -1.12. The third-order valence-electron chi connectivity index (χ3n) is 3.80. The standard InChI is InChI=1S/C17H25NO/c1-3-5-7-12-17-18(13-4-2)16(14-19-17)15-10-8-6-9-11-15/h4,6,8-11,16-17H,2-3,5,7,12-14H2,1H3/t16-,17+/m0/s1. The number of hydrogen-bond donors (Lipinski definition) is 0. The monoisotopic (exact) mass is 259 g/mol. The molecule has 2 nitrogen and oxygen atoms in total. The number of rotatable bonds is 7. The van der Waals surface area contributed by atoms with Gasteiger partial charge in [-0.1, -0.05) is 56.2 Å². The first-order chi connectivity index (χ1) is 9.36. The highest BCUT2D eigenvalue weighted by Crippen LogP contribution is 2.32. The Kier molecular flexibility index (Phi) is 5.62. The van der Waals surface area contributed by atoms with Crippen LogP contribution >= 0.6 is 0 Å². The van der Waals surface area contributed by atoms with Gasteiger partial charge in [-0.25, -0.2) is 0 Å². The summed E-state index contributed by atoms with van der Waals surface area (Å²) in [4.78, 5) is 2.44. The van der Waals surface area contributed by atoms with Crippen LogP contribution in [0.3, 0.4) is 0 Å². The minimum atomic E-state index is 0.259. The second-order valence-electron chi connectivity index (χ2n) is 5.20. The van der Waals surface area contributed by atoms with Crippen molar-refractivity contribution in [2.24, 2.45) is 0 Å². The average molecular weight is 259 g/mol. The molecule has 2 heteroatoms. The van der Waals surface area contributed by atoms with Crippen LogP contribution < -0.4 is 0 Å². The van der Waals surface area contributed by atoms with E-state index in [4.69, 9.17) is 4.74 Å². The van der Waals surface area contributed by atoms with Crippen LogP contribution in [0.2, 0.25) is 0 Å². The Bertz CT molecular complexity index is 376. The Morgan fingerprint density at radius 2 is 2.11 bits per heavy atom. The molecular formula is C17H25NO. The van der Waals surface area contributed by atoms with Crippen molar-refractivity contribution in [1.82, 2.24) is 4.90 Å². The minimum Gasteiger partial charge on any atom is -0.361 e. The van der Waals surface area contributed by atoms with E-state index in [0.717, 1.165) is 19.6 Å². The predicted molar refractivity (Wildman–Crippen MR) is 80.0 cm³/mol. The SMILES string of the molecule is C=CCN1[C@@H](CCCCC)OC[C@H]1c1ccccc1. The molecule has 0 bridgehead atoms. The van der Waals surface area contributed by atoms with E-state index < -0.39 is 0 Å². The molecule has 0 radical (unpaired) electrons. The van der Waals surface area contributed by atoms with Gasteiger partial charge >= 0.3 is 0 Å². The molecule has 2 rings (SSSR count). The second kappa shape index (κ2) is 7.46. The third kappa shape index (κ3) is 3.68. The maximum Gasteiger partial charge on any atom is 0.111 e. The van der Waals surface area contributed by atoms with Crippen molar-refractivity contribution in [2.45, 2.75) is 44.9 Å². The molecular weight excluding hydrogens is 234 g/mol. The van der Waals surface area contributed by atoms with Gasteiger partial charge in [0.15, 0.2) is 0 Å². The quantitative estimate of drug-likeness (QED) is 0.538. The molecule has 1 aromatic carbocycles. The summed E-state index contributed by atoms with van der Waals surface area (Å²) < 4.78 is 6.01. The summed E-state index contributed by atoms with van der Waals surface area (Å²) >= 11 is 0. The van der Waals surface area contributed by atoms with E-state index in [1.54, 1.807) is 0 Å². The van der Waals surface area contributed by atoms with Gasteiger partial charge in [0.1, 0.15) is 6.23 Å². The van der Waals surface area contributed by atoms with Gasteiger partial charge in [-0.3, -0.25) is 4.90 Å². The highest BCUT2D eigenvalue weighted by atomic mass is 16.5. The van der Waals surface area contributed by atoms with Crippen molar-refractivity contribution in [3.05, 3.63) is 48.6 Å². The van der Waals surface area contributed by atoms with Crippen molar-refractivity contribution in [1.29, 1.82) is 0 Å². The zero-order chi connectivity index (χ0) is 13.5. The van der Waals surface area contributed by atoms with Gasteiger partial charge < -0.3 is 4.74 Å². The fourth-order valence-corrected chi connectivity index (χ4v) is 2.77. The minimum absolute atomic E-state index is 0.259. The molecule has 0 unspecified atom stereocenters. The van der Waals surface area contributed by atoms with E-state index in [9.17, 15) is 0 Å². The van der Waals surface area contributed by atoms with Gasteiger partial charge in [-0.2, -0.15) is 0 Å². The summed E-state index contributed by atoms with van der Waals surface area (Å²) in [5.41, 5.74) is 1.35. The summed E-state index contributed by atoms with van der Waals surface area (Å²) in [6.07, 6.45) is 7.17. The summed E-state index contributed by atoms with van der Waals surface area (Å²) in [6, 6.07) is 11.0. The van der Waals surface area contributed by atoms with Crippen LogP contribution in [0.5, 0.6) is 0 Å². The van der Waals surface area contributed by atoms with Gasteiger partial charge in [0.2, 0.25) is 0 Å². The van der Waals surface area contributed by atoms with Crippen molar-refractivity contribution >= 4 is 0 Å². The molecule has 19 heavy (non-hydrogen) atoms. The van der Waals surface area contributed by atoms with E-state index in [1.165, 1.54) is 24.8 Å². The summed E-state index contributed by atoms with van der Waals surface area (Å²) in [7, 11) is 0. The lowest BCUT2D eigenvalue weighted by Gasteiger charge is -2.27. The zero-order valence-electron chi connectivity index (χ0n) is 11.9. The smallest absolute Gasteiger partial charge is 0.111 e. The molecule has 0 spiro atoms. The molecule has 0 saturated carbocycles. The van der Waals surface area contributed by atoms with E-state index in [-0.39, 0.29) is 6.23 Å². The molecule has 1 heterocycles. The number of nitrogens with zero attached hydrogens (tertiary/aromatic N) is 1. The molecule has 104 valence electrons. The second-order valence-corrected chi connectivity index (χ2v) is 5.20. The van der Waals surface area contributed by atoms with Gasteiger partial charge in [-0.05, 0) is 18.4 Å². The maximum atomic E-state index is 6.01. The lowest BCUT2D eigenvalue weighted by molar-refractivity contribution is 0.0279. The van der Waals surface area contributed by atoms with E-state index >= 15 is 0 Å². The van der Waals surface area contributed by atoms with E-state index in [0.29, 0.717) is 6.04 Å². The topological polar surface area (TPSA) is 12.5 Å². The first-order valence-corrected chi connectivity index (χ1v) is 7.40. The highest BCUT2D eigenvalue weighted by Gasteiger charge is 2.33. The van der Waals surface area contributed by atoms with Crippen LogP contribution in [0.25, 0.3) is 0 Å². The van der Waals surface area contributed by atoms with Crippen LogP contribution in [0.1, 0.15) is 44.2 Å². The van der Waals surface area contributed by atoms with Crippen LogP contribution in [-0.4, -0.2) is 24.3 Å². The fraction of sp³-hybridized carbons (Fsp3) is 0.529. The molecule has 0 aromatic heterocycles. The van der Waals surface area contributed by atoms with Crippen LogP contribution in [-0.2, 0) is 4.74 Å². The first-order valence-electron chi connectivity index (χ1n) is 7.40. The van der Waals surface area contributed by atoms with E-state index in [2.05, 4.69) is 48.7 Å².